The number of pyridine rings is 1. The number of aromatic nitrogens is 1. The minimum atomic E-state index is -1.20. The lowest BCUT2D eigenvalue weighted by atomic mass is 9.79. The van der Waals surface area contributed by atoms with E-state index < -0.39 is 23.7 Å². The molecule has 0 bridgehead atoms. The van der Waals surface area contributed by atoms with Crippen molar-refractivity contribution in [1.82, 2.24) is 10.3 Å². The molecule has 0 radical (unpaired) electrons. The highest BCUT2D eigenvalue weighted by atomic mass is 35.5. The van der Waals surface area contributed by atoms with Crippen LogP contribution < -0.4 is 5.32 Å². The zero-order valence-electron chi connectivity index (χ0n) is 19.1. The van der Waals surface area contributed by atoms with Gasteiger partial charge in [0.25, 0.3) is 5.91 Å². The van der Waals surface area contributed by atoms with Gasteiger partial charge in [0.15, 0.2) is 0 Å². The number of benzene rings is 1. The molecule has 1 unspecified atom stereocenters. The van der Waals surface area contributed by atoms with Crippen LogP contribution in [0.25, 0.3) is 0 Å². The number of ether oxygens (including phenoxy) is 1. The molecule has 1 aromatic heterocycles. The number of carboxylic acid groups (broad SMARTS) is 1. The van der Waals surface area contributed by atoms with Gasteiger partial charge in [-0.25, -0.2) is 9.18 Å². The number of carbonyl (C=O) groups is 2. The van der Waals surface area contributed by atoms with E-state index >= 15 is 0 Å². The van der Waals surface area contributed by atoms with Crippen molar-refractivity contribution < 1.29 is 23.8 Å². The molecule has 1 aromatic carbocycles. The second-order valence-corrected chi connectivity index (χ2v) is 9.64. The molecule has 2 aromatic rings. The maximum absolute atomic E-state index is 13.9. The maximum Gasteiger partial charge on any atom is 0.326 e. The Bertz CT molecular complexity index is 1020. The Morgan fingerprint density at radius 2 is 2.00 bits per heavy atom. The third kappa shape index (κ3) is 6.13. The quantitative estimate of drug-likeness (QED) is 0.503. The number of aliphatic carboxylic acids is 1. The highest BCUT2D eigenvalue weighted by Gasteiger charge is 2.30. The number of carbonyl (C=O) groups excluding carboxylic acids is 1. The standard InChI is InChI=1S/C26H30ClFN2O4/c27-20-5-3-6-21(28)24(20)25(31)30-23(26(32)33)12-13-34-19-14-16(15-19)8-10-18-11-9-17-4-1-2-7-22(17)29-18/h3,5-6,9,11,16,19,23H,1-2,4,7-8,10,12-15H2,(H,30,31)(H,32,33). The zero-order chi connectivity index (χ0) is 24.1. The molecule has 34 heavy (non-hydrogen) atoms. The van der Waals surface area contributed by atoms with E-state index in [1.165, 1.54) is 41.9 Å². The van der Waals surface area contributed by atoms with Crippen LogP contribution in [-0.4, -0.2) is 40.7 Å². The van der Waals surface area contributed by atoms with Gasteiger partial charge in [-0.2, -0.15) is 0 Å². The topological polar surface area (TPSA) is 88.5 Å². The zero-order valence-corrected chi connectivity index (χ0v) is 19.8. The van der Waals surface area contributed by atoms with Crippen molar-refractivity contribution in [2.45, 2.75) is 69.9 Å². The minimum absolute atomic E-state index is 0.0658. The lowest BCUT2D eigenvalue weighted by Gasteiger charge is -2.35. The Hall–Kier alpha value is -2.51. The minimum Gasteiger partial charge on any atom is -0.480 e. The van der Waals surface area contributed by atoms with E-state index in [-0.39, 0.29) is 29.7 Å². The Balaban J connectivity index is 1.17. The molecule has 2 aliphatic carbocycles. The summed E-state index contributed by atoms with van der Waals surface area (Å²) in [6.07, 6.45) is 8.85. The highest BCUT2D eigenvalue weighted by Crippen LogP contribution is 2.34. The second kappa shape index (κ2) is 11.3. The van der Waals surface area contributed by atoms with E-state index in [0.29, 0.717) is 5.92 Å². The molecule has 2 aliphatic rings. The third-order valence-electron chi connectivity index (χ3n) is 6.79. The fourth-order valence-electron chi connectivity index (χ4n) is 4.72. The molecule has 2 N–H and O–H groups in total. The molecule has 0 spiro atoms. The molecule has 0 saturated heterocycles. The van der Waals surface area contributed by atoms with Gasteiger partial charge in [0.1, 0.15) is 11.9 Å². The fraction of sp³-hybridized carbons (Fsp3) is 0.500. The lowest BCUT2D eigenvalue weighted by Crippen LogP contribution is -2.42. The van der Waals surface area contributed by atoms with Crippen LogP contribution in [0.2, 0.25) is 5.02 Å². The predicted molar refractivity (Wildman–Crippen MR) is 127 cm³/mol. The summed E-state index contributed by atoms with van der Waals surface area (Å²) in [5, 5.41) is 11.7. The SMILES string of the molecule is O=C(NC(CCOC1CC(CCc2ccc3c(n2)CCCC3)C1)C(=O)O)c1c(F)cccc1Cl. The largest absolute Gasteiger partial charge is 0.480 e. The Kier molecular flexibility index (Phi) is 8.16. The van der Waals surface area contributed by atoms with Gasteiger partial charge in [-0.3, -0.25) is 9.78 Å². The van der Waals surface area contributed by atoms with Gasteiger partial charge in [-0.1, -0.05) is 23.7 Å². The van der Waals surface area contributed by atoms with Crippen LogP contribution in [0, 0.1) is 11.7 Å². The first-order valence-electron chi connectivity index (χ1n) is 12.0. The lowest BCUT2D eigenvalue weighted by molar-refractivity contribution is -0.140. The molecule has 8 heteroatoms. The van der Waals surface area contributed by atoms with Gasteiger partial charge < -0.3 is 15.2 Å². The average molecular weight is 489 g/mol. The Morgan fingerprint density at radius 3 is 2.76 bits per heavy atom. The summed E-state index contributed by atoms with van der Waals surface area (Å²) in [7, 11) is 0. The third-order valence-corrected chi connectivity index (χ3v) is 7.11. The maximum atomic E-state index is 13.9. The molecule has 1 atom stereocenters. The summed E-state index contributed by atoms with van der Waals surface area (Å²) < 4.78 is 19.7. The highest BCUT2D eigenvalue weighted by molar-refractivity contribution is 6.33. The van der Waals surface area contributed by atoms with Crippen LogP contribution in [0.3, 0.4) is 0 Å². The van der Waals surface area contributed by atoms with Gasteiger partial charge >= 0.3 is 5.97 Å². The van der Waals surface area contributed by atoms with E-state index in [1.54, 1.807) is 0 Å². The smallest absolute Gasteiger partial charge is 0.326 e. The molecular weight excluding hydrogens is 459 g/mol. The molecule has 1 heterocycles. The number of hydrogen-bond donors (Lipinski definition) is 2. The number of rotatable bonds is 10. The number of carboxylic acids is 1. The second-order valence-electron chi connectivity index (χ2n) is 9.23. The average Bonchev–Trinajstić information content (AvgIpc) is 2.78. The number of aryl methyl sites for hydroxylation is 3. The molecular formula is C26H30ClFN2O4. The summed E-state index contributed by atoms with van der Waals surface area (Å²) in [6.45, 7) is 0.200. The summed E-state index contributed by atoms with van der Waals surface area (Å²) in [5.74, 6) is -2.26. The van der Waals surface area contributed by atoms with Crippen molar-refractivity contribution in [2.75, 3.05) is 6.61 Å². The number of fused-ring (bicyclic) bond motifs is 1. The molecule has 6 nitrogen and oxygen atoms in total. The van der Waals surface area contributed by atoms with Crippen LogP contribution in [-0.2, 0) is 28.8 Å². The first-order valence-corrected chi connectivity index (χ1v) is 12.4. The van der Waals surface area contributed by atoms with E-state index in [9.17, 15) is 19.1 Å². The van der Waals surface area contributed by atoms with Crippen LogP contribution in [0.1, 0.15) is 65.8 Å². The summed E-state index contributed by atoms with van der Waals surface area (Å²) in [4.78, 5) is 28.7. The van der Waals surface area contributed by atoms with Gasteiger partial charge in [0, 0.05) is 24.4 Å². The molecule has 1 amide bonds. The van der Waals surface area contributed by atoms with Crippen LogP contribution in [0.4, 0.5) is 4.39 Å². The summed E-state index contributed by atoms with van der Waals surface area (Å²) in [5.41, 5.74) is 3.49. The number of halogens is 2. The van der Waals surface area contributed by atoms with Crippen molar-refractivity contribution >= 4 is 23.5 Å². The number of nitrogens with one attached hydrogen (secondary N) is 1. The molecule has 0 aliphatic heterocycles. The molecule has 182 valence electrons. The normalized spacial score (nSPS) is 20.2. The van der Waals surface area contributed by atoms with Gasteiger partial charge in [0.2, 0.25) is 0 Å². The summed E-state index contributed by atoms with van der Waals surface area (Å²) >= 11 is 5.89. The van der Waals surface area contributed by atoms with E-state index in [2.05, 4.69) is 17.4 Å². The first kappa shape index (κ1) is 24.6. The molecule has 4 rings (SSSR count). The fourth-order valence-corrected chi connectivity index (χ4v) is 4.97. The number of nitrogens with zero attached hydrogens (tertiary/aromatic N) is 1. The Morgan fingerprint density at radius 1 is 1.21 bits per heavy atom. The van der Waals surface area contributed by atoms with Crippen LogP contribution in [0.15, 0.2) is 30.3 Å². The predicted octanol–water partition coefficient (Wildman–Crippen LogP) is 4.75. The van der Waals surface area contributed by atoms with E-state index in [0.717, 1.165) is 44.6 Å². The summed E-state index contributed by atoms with van der Waals surface area (Å²) in [6, 6.07) is 7.08. The van der Waals surface area contributed by atoms with Gasteiger partial charge in [0.05, 0.1) is 16.7 Å². The van der Waals surface area contributed by atoms with Crippen LogP contribution >= 0.6 is 11.6 Å². The monoisotopic (exact) mass is 488 g/mol. The Labute approximate surface area is 203 Å². The van der Waals surface area contributed by atoms with Crippen LogP contribution in [0.5, 0.6) is 0 Å². The first-order chi connectivity index (χ1) is 16.4. The molecule has 1 fully saturated rings. The van der Waals surface area contributed by atoms with Crippen molar-refractivity contribution in [3.05, 3.63) is 63.7 Å². The van der Waals surface area contributed by atoms with Gasteiger partial charge in [-0.15, -0.1) is 0 Å². The van der Waals surface area contributed by atoms with Crippen molar-refractivity contribution in [1.29, 1.82) is 0 Å². The number of hydrogen-bond acceptors (Lipinski definition) is 4. The van der Waals surface area contributed by atoms with E-state index in [1.807, 2.05) is 0 Å². The van der Waals surface area contributed by atoms with Crippen molar-refractivity contribution in [2.24, 2.45) is 5.92 Å². The molecule has 1 saturated carbocycles. The van der Waals surface area contributed by atoms with Crippen molar-refractivity contribution in [3.63, 3.8) is 0 Å². The van der Waals surface area contributed by atoms with E-state index in [4.69, 9.17) is 21.3 Å². The number of amides is 1. The van der Waals surface area contributed by atoms with Crippen molar-refractivity contribution in [3.8, 4) is 0 Å². The van der Waals surface area contributed by atoms with Gasteiger partial charge in [-0.05, 0) is 81.0 Å².